The van der Waals surface area contributed by atoms with E-state index in [-0.39, 0.29) is 0 Å². The number of rotatable bonds is 6. The van der Waals surface area contributed by atoms with Gasteiger partial charge in [0.2, 0.25) is 0 Å². The average molecular weight is 242 g/mol. The SMILES string of the molecule is CC(C)CSP(=O)(O)SCC(C)C. The van der Waals surface area contributed by atoms with Crippen molar-refractivity contribution in [3.8, 4) is 0 Å². The van der Waals surface area contributed by atoms with Crippen molar-refractivity contribution in [2.75, 3.05) is 11.5 Å². The molecule has 0 aromatic heterocycles. The molecule has 0 aliphatic heterocycles. The maximum absolute atomic E-state index is 11.5. The van der Waals surface area contributed by atoms with Crippen LogP contribution in [0.5, 0.6) is 0 Å². The van der Waals surface area contributed by atoms with Crippen LogP contribution in [0.4, 0.5) is 0 Å². The first kappa shape index (κ1) is 13.9. The van der Waals surface area contributed by atoms with E-state index in [0.717, 1.165) is 11.5 Å². The van der Waals surface area contributed by atoms with Crippen molar-refractivity contribution < 1.29 is 9.46 Å². The molecular formula is C8H19O2PS2. The molecule has 80 valence electrons. The van der Waals surface area contributed by atoms with Crippen molar-refractivity contribution in [2.24, 2.45) is 11.8 Å². The predicted molar refractivity (Wildman–Crippen MR) is 64.4 cm³/mol. The summed E-state index contributed by atoms with van der Waals surface area (Å²) >= 11 is 2.41. The Morgan fingerprint density at radius 3 is 1.62 bits per heavy atom. The normalized spacial score (nSPS) is 12.8. The molecule has 0 atom stereocenters. The van der Waals surface area contributed by atoms with Crippen LogP contribution in [0.3, 0.4) is 0 Å². The molecule has 0 unspecified atom stereocenters. The van der Waals surface area contributed by atoms with Gasteiger partial charge in [-0.15, -0.1) is 0 Å². The molecule has 0 amide bonds. The number of hydrogen-bond donors (Lipinski definition) is 1. The monoisotopic (exact) mass is 242 g/mol. The first-order chi connectivity index (χ1) is 5.83. The first-order valence-corrected chi connectivity index (χ1v) is 9.29. The third-order valence-corrected chi connectivity index (χ3v) is 8.18. The Kier molecular flexibility index (Phi) is 6.83. The highest BCUT2D eigenvalue weighted by atomic mass is 33.1. The van der Waals surface area contributed by atoms with E-state index in [2.05, 4.69) is 27.7 Å². The van der Waals surface area contributed by atoms with Crippen LogP contribution < -0.4 is 0 Å². The lowest BCUT2D eigenvalue weighted by Crippen LogP contribution is -1.92. The minimum absolute atomic E-state index is 0.477. The highest BCUT2D eigenvalue weighted by Gasteiger charge is 2.20. The fourth-order valence-electron chi connectivity index (χ4n) is 0.524. The molecule has 5 heteroatoms. The van der Waals surface area contributed by atoms with Crippen LogP contribution >= 0.6 is 28.5 Å². The van der Waals surface area contributed by atoms with Gasteiger partial charge in [-0.3, -0.25) is 4.57 Å². The zero-order valence-electron chi connectivity index (χ0n) is 8.69. The molecule has 0 rings (SSSR count). The summed E-state index contributed by atoms with van der Waals surface area (Å²) in [5.41, 5.74) is 0. The van der Waals surface area contributed by atoms with Crippen molar-refractivity contribution in [3.05, 3.63) is 0 Å². The molecule has 0 bridgehead atoms. The van der Waals surface area contributed by atoms with Crippen molar-refractivity contribution in [1.29, 1.82) is 0 Å². The van der Waals surface area contributed by atoms with Crippen LogP contribution in [0.2, 0.25) is 0 Å². The largest absolute Gasteiger partial charge is 0.329 e. The summed E-state index contributed by atoms with van der Waals surface area (Å²) in [4.78, 5) is 9.49. The van der Waals surface area contributed by atoms with Gasteiger partial charge >= 0.3 is 5.77 Å². The van der Waals surface area contributed by atoms with Crippen LogP contribution in [0.25, 0.3) is 0 Å². The molecule has 13 heavy (non-hydrogen) atoms. The maximum Gasteiger partial charge on any atom is 0.310 e. The van der Waals surface area contributed by atoms with Gasteiger partial charge in [0.25, 0.3) is 0 Å². The van der Waals surface area contributed by atoms with Crippen molar-refractivity contribution in [1.82, 2.24) is 0 Å². The number of hydrogen-bond acceptors (Lipinski definition) is 3. The quantitative estimate of drug-likeness (QED) is 0.717. The molecule has 0 aromatic carbocycles. The zero-order chi connectivity index (χ0) is 10.5. The van der Waals surface area contributed by atoms with Crippen LogP contribution in [-0.2, 0) is 4.57 Å². The van der Waals surface area contributed by atoms with Gasteiger partial charge in [0.15, 0.2) is 0 Å². The van der Waals surface area contributed by atoms with E-state index in [1.807, 2.05) is 0 Å². The molecule has 0 heterocycles. The van der Waals surface area contributed by atoms with E-state index in [1.54, 1.807) is 0 Å². The summed E-state index contributed by atoms with van der Waals surface area (Å²) in [7, 11) is 0. The van der Waals surface area contributed by atoms with Gasteiger partial charge in [0.05, 0.1) is 0 Å². The molecule has 0 saturated carbocycles. The van der Waals surface area contributed by atoms with E-state index in [1.165, 1.54) is 22.8 Å². The Morgan fingerprint density at radius 1 is 1.08 bits per heavy atom. The molecular weight excluding hydrogens is 223 g/mol. The topological polar surface area (TPSA) is 37.3 Å². The Balaban J connectivity index is 3.74. The third kappa shape index (κ3) is 9.20. The molecule has 2 nitrogen and oxygen atoms in total. The Morgan fingerprint density at radius 2 is 1.38 bits per heavy atom. The smallest absolute Gasteiger partial charge is 0.310 e. The summed E-state index contributed by atoms with van der Waals surface area (Å²) < 4.78 is 11.5. The highest BCUT2D eigenvalue weighted by molar-refractivity contribution is 8.88. The molecule has 0 aliphatic carbocycles. The summed E-state index contributed by atoms with van der Waals surface area (Å²) in [6.45, 7) is 8.22. The van der Waals surface area contributed by atoms with Crippen LogP contribution in [0.15, 0.2) is 0 Å². The lowest BCUT2D eigenvalue weighted by atomic mass is 10.3. The summed E-state index contributed by atoms with van der Waals surface area (Å²) in [5.74, 6) is -0.487. The van der Waals surface area contributed by atoms with Gasteiger partial charge in [-0.05, 0) is 11.8 Å². The molecule has 0 saturated heterocycles. The second kappa shape index (κ2) is 6.39. The van der Waals surface area contributed by atoms with Crippen LogP contribution in [0, 0.1) is 11.8 Å². The van der Waals surface area contributed by atoms with E-state index >= 15 is 0 Å². The second-order valence-corrected chi connectivity index (χ2v) is 11.2. The lowest BCUT2D eigenvalue weighted by molar-refractivity contribution is 0.513. The molecule has 0 radical (unpaired) electrons. The zero-order valence-corrected chi connectivity index (χ0v) is 11.2. The molecule has 0 aromatic rings. The minimum atomic E-state index is -2.97. The molecule has 0 aliphatic rings. The van der Waals surface area contributed by atoms with Gasteiger partial charge in [0, 0.05) is 11.5 Å². The molecule has 0 spiro atoms. The Bertz CT molecular complexity index is 167. The minimum Gasteiger partial charge on any atom is -0.329 e. The standard InChI is InChI=1S/C8H19O2PS2/c1-7(2)5-12-11(9,10)13-6-8(3)4/h7-8H,5-6H2,1-4H3,(H,9,10). The Hall–Kier alpha value is 0.890. The maximum atomic E-state index is 11.5. The fraction of sp³-hybridized carbons (Fsp3) is 1.00. The van der Waals surface area contributed by atoms with Gasteiger partial charge in [-0.2, -0.15) is 0 Å². The van der Waals surface area contributed by atoms with E-state index in [0.29, 0.717) is 11.8 Å². The second-order valence-electron chi connectivity index (χ2n) is 3.85. The van der Waals surface area contributed by atoms with Crippen LogP contribution in [0.1, 0.15) is 27.7 Å². The molecule has 1 N–H and O–H groups in total. The average Bonchev–Trinajstić information content (AvgIpc) is 1.98. The van der Waals surface area contributed by atoms with Gasteiger partial charge in [0.1, 0.15) is 0 Å². The third-order valence-electron chi connectivity index (χ3n) is 1.14. The van der Waals surface area contributed by atoms with Crippen molar-refractivity contribution in [2.45, 2.75) is 27.7 Å². The van der Waals surface area contributed by atoms with Crippen molar-refractivity contribution in [3.63, 3.8) is 0 Å². The van der Waals surface area contributed by atoms with Gasteiger partial charge in [-0.1, -0.05) is 50.5 Å². The fourth-order valence-corrected chi connectivity index (χ4v) is 6.48. The summed E-state index contributed by atoms with van der Waals surface area (Å²) in [5, 5.41) is 0. The van der Waals surface area contributed by atoms with Crippen LogP contribution in [-0.4, -0.2) is 16.4 Å². The van der Waals surface area contributed by atoms with E-state index < -0.39 is 5.77 Å². The Labute approximate surface area is 89.2 Å². The molecule has 0 fully saturated rings. The van der Waals surface area contributed by atoms with Gasteiger partial charge < -0.3 is 4.89 Å². The van der Waals surface area contributed by atoms with Gasteiger partial charge in [-0.25, -0.2) is 0 Å². The first-order valence-electron chi connectivity index (χ1n) is 4.45. The van der Waals surface area contributed by atoms with E-state index in [9.17, 15) is 9.46 Å². The summed E-state index contributed by atoms with van der Waals surface area (Å²) in [6, 6.07) is 0. The lowest BCUT2D eigenvalue weighted by Gasteiger charge is -2.12. The summed E-state index contributed by atoms with van der Waals surface area (Å²) in [6.07, 6.45) is 0. The van der Waals surface area contributed by atoms with E-state index in [4.69, 9.17) is 0 Å². The highest BCUT2D eigenvalue weighted by Crippen LogP contribution is 2.66. The van der Waals surface area contributed by atoms with Crippen molar-refractivity contribution >= 4 is 28.5 Å². The predicted octanol–water partition coefficient (Wildman–Crippen LogP) is 3.87.